The van der Waals surface area contributed by atoms with Gasteiger partial charge in [0.15, 0.2) is 40.7 Å². The molecule has 4 aliphatic heterocycles. The first kappa shape index (κ1) is 64.8. The summed E-state index contributed by atoms with van der Waals surface area (Å²) in [5.74, 6) is 0.0749. The summed E-state index contributed by atoms with van der Waals surface area (Å²) in [6.07, 6.45) is 6.55. The van der Waals surface area contributed by atoms with Crippen LogP contribution in [0.2, 0.25) is 0 Å². The van der Waals surface area contributed by atoms with Crippen LogP contribution in [0, 0.1) is 0 Å². The number of nitrogens with one attached hydrogen (secondary N) is 2. The van der Waals surface area contributed by atoms with Crippen LogP contribution >= 0.6 is 18.8 Å². The molecule has 0 bridgehead atoms. The molecule has 4 heterocycles. The first-order valence-corrected chi connectivity index (χ1v) is 17.6. The van der Waals surface area contributed by atoms with Crippen molar-refractivity contribution in [2.75, 3.05) is 83.1 Å². The van der Waals surface area contributed by atoms with Crippen molar-refractivity contribution in [3.05, 3.63) is 52.8 Å². The second kappa shape index (κ2) is 35.4. The van der Waals surface area contributed by atoms with Crippen molar-refractivity contribution in [3.63, 3.8) is 0 Å². The van der Waals surface area contributed by atoms with E-state index in [4.69, 9.17) is 14.2 Å². The number of nitrogens with zero attached hydrogens (tertiary/aromatic N) is 10. The monoisotopic (exact) mass is 948 g/mol. The van der Waals surface area contributed by atoms with Crippen LogP contribution in [0.5, 0.6) is 0 Å². The van der Waals surface area contributed by atoms with E-state index in [1.54, 1.807) is 71.2 Å². The molecule has 335 valence electrons. The molecule has 0 aromatic carbocycles. The Labute approximate surface area is 382 Å². The number of carbonyl (C=O) groups excluding carboxylic acids is 4. The molecule has 4 rings (SSSR count). The first-order valence-electron chi connectivity index (χ1n) is 16.5. The number of aliphatic imine (C=N–C) groups is 4. The Balaban J connectivity index is -0.000000207. The van der Waals surface area contributed by atoms with Crippen molar-refractivity contribution in [3.8, 4) is 0 Å². The smallest absolute Gasteiger partial charge is 0.365 e. The molecule has 0 spiro atoms. The summed E-state index contributed by atoms with van der Waals surface area (Å²) in [6, 6.07) is 0. The Morgan fingerprint density at radius 2 is 0.898 bits per heavy atom. The molecule has 0 saturated heterocycles. The predicted octanol–water partition coefficient (Wildman–Crippen LogP) is 3.68. The number of allylic oxidation sites excluding steroid dienone is 1. The minimum absolute atomic E-state index is 0. The molecule has 59 heavy (non-hydrogen) atoms. The zero-order valence-electron chi connectivity index (χ0n) is 34.6. The molecule has 20 nitrogen and oxygen atoms in total. The summed E-state index contributed by atoms with van der Waals surface area (Å²) in [6.45, 7) is 11.1. The van der Waals surface area contributed by atoms with Gasteiger partial charge in [0.05, 0.1) is 20.0 Å². The Hall–Kier alpha value is -3.32. The van der Waals surface area contributed by atoms with Gasteiger partial charge >= 0.3 is 23.9 Å². The first-order chi connectivity index (χ1) is 25.8. The molecule has 0 amide bonds. The number of cyclic esters (lactones) is 4. The molecule has 4 aliphatic rings. The molecule has 0 saturated carbocycles. The van der Waals surface area contributed by atoms with Crippen molar-refractivity contribution in [1.82, 2.24) is 34.7 Å². The summed E-state index contributed by atoms with van der Waals surface area (Å²) < 4.78 is 22.8. The van der Waals surface area contributed by atoms with Crippen LogP contribution in [-0.4, -0.2) is 155 Å². The van der Waals surface area contributed by atoms with E-state index in [9.17, 15) is 19.2 Å². The quantitative estimate of drug-likeness (QED) is 0.0996. The van der Waals surface area contributed by atoms with E-state index in [2.05, 4.69) is 59.4 Å². The summed E-state index contributed by atoms with van der Waals surface area (Å²) in [5, 5.41) is 9.82. The van der Waals surface area contributed by atoms with Crippen molar-refractivity contribution in [2.45, 2.75) is 56.9 Å². The third-order valence-corrected chi connectivity index (χ3v) is 6.18. The summed E-state index contributed by atoms with van der Waals surface area (Å²) in [4.78, 5) is 64.9. The van der Waals surface area contributed by atoms with Crippen LogP contribution in [0.15, 0.2) is 67.4 Å². The van der Waals surface area contributed by atoms with Gasteiger partial charge in [-0.3, -0.25) is 9.34 Å². The van der Waals surface area contributed by atoms with Crippen molar-refractivity contribution < 1.29 is 70.8 Å². The Bertz CT molecular complexity index is 1530. The van der Waals surface area contributed by atoms with Crippen molar-refractivity contribution in [1.29, 1.82) is 0 Å². The van der Waals surface area contributed by atoms with Crippen LogP contribution < -0.4 is 10.6 Å². The molecule has 0 aromatic heterocycles. The van der Waals surface area contributed by atoms with E-state index in [0.29, 0.717) is 66.4 Å². The number of esters is 4. The molecule has 0 fully saturated rings. The topological polar surface area (TPSA) is 209 Å². The van der Waals surface area contributed by atoms with Gasteiger partial charge < -0.3 is 49.6 Å². The van der Waals surface area contributed by atoms with Crippen LogP contribution in [0.3, 0.4) is 0 Å². The van der Waals surface area contributed by atoms with Crippen molar-refractivity contribution >= 4 is 66.2 Å². The largest absolute Gasteiger partial charge is 0.648 e. The second-order valence-electron chi connectivity index (χ2n) is 11.7. The van der Waals surface area contributed by atoms with Gasteiger partial charge in [0.25, 0.3) is 0 Å². The number of ether oxygens (including phenoxy) is 4. The molecule has 23 heteroatoms. The average molecular weight is 949 g/mol. The minimum atomic E-state index is -0.402. The van der Waals surface area contributed by atoms with Gasteiger partial charge in [-0.2, -0.15) is 7.05 Å². The van der Waals surface area contributed by atoms with Crippen LogP contribution in [-0.2, 0) is 70.8 Å². The van der Waals surface area contributed by atoms with Gasteiger partial charge in [0.2, 0.25) is 0 Å². The summed E-state index contributed by atoms with van der Waals surface area (Å²) in [7, 11) is 20.0. The van der Waals surface area contributed by atoms with E-state index in [1.807, 2.05) is 68.5 Å². The third kappa shape index (κ3) is 29.5. The molecule has 2 unspecified atom stereocenters. The molecule has 0 aliphatic carbocycles. The van der Waals surface area contributed by atoms with E-state index < -0.39 is 5.97 Å². The zero-order valence-corrected chi connectivity index (χ0v) is 39.8. The van der Waals surface area contributed by atoms with Crippen LogP contribution in [0.4, 0.5) is 0 Å². The van der Waals surface area contributed by atoms with E-state index in [-0.39, 0.29) is 72.9 Å². The molecular weight excluding hydrogens is 879 g/mol. The summed E-state index contributed by atoms with van der Waals surface area (Å²) >= 11 is 0. The maximum atomic E-state index is 11.2. The zero-order chi connectivity index (χ0) is 42.2. The average Bonchev–Trinajstić information content (AvgIpc) is 3.77. The van der Waals surface area contributed by atoms with Gasteiger partial charge in [-0.25, -0.2) is 39.1 Å². The normalized spacial score (nSPS) is 17.2. The van der Waals surface area contributed by atoms with Gasteiger partial charge in [0, 0.05) is 100 Å². The predicted molar refractivity (Wildman–Crippen MR) is 240 cm³/mol. The van der Waals surface area contributed by atoms with E-state index >= 15 is 0 Å². The number of rotatable bonds is 11. The molecule has 2 N–H and O–H groups in total. The fourth-order valence-electron chi connectivity index (χ4n) is 3.95. The Morgan fingerprint density at radius 3 is 1.12 bits per heavy atom. The van der Waals surface area contributed by atoms with Gasteiger partial charge in [-0.15, -0.1) is 0 Å². The Morgan fingerprint density at radius 1 is 0.576 bits per heavy atom. The maximum absolute atomic E-state index is 11.2. The minimum Gasteiger partial charge on any atom is -0.648 e. The maximum Gasteiger partial charge on any atom is 0.365 e. The van der Waals surface area contributed by atoms with E-state index in [1.165, 1.54) is 0 Å². The second-order valence-corrected chi connectivity index (χ2v) is 13.5. The van der Waals surface area contributed by atoms with Gasteiger partial charge in [-0.05, 0) is 35.1 Å². The molecule has 1 radical (unpaired) electrons. The molecule has 0 aromatic rings. The molecule has 2 atom stereocenters. The fraction of sp³-hybridized carbons (Fsp3) is 0.556. The number of hydrogen-bond donors (Lipinski definition) is 2. The Kier molecular flexibility index (Phi) is 38.9. The standard InChI is InChI=1S/C8H14N3O2P.C8H13N3O2.C8H12N3O2.C6H7NO2.C3H11N2P.3CH4.Y/c1-6-9-7(8(12)13-6)4-10(2)5-11(3)14;2*1-6-10-7(8(12)13-6)4-11(3)5-9-2;1-3-5-6(8)9-4(2)7-5;1-4-3-5(2)6;;;;/h4H,5,14H2,1-3H3;4,9H,5H2,1-3H3;4H,5H2,1-3H3;3H,1-2H3;4H,3,6H2,1-2H3;3*1H4;/q;;-1;;;;;;. The van der Waals surface area contributed by atoms with E-state index in [0.717, 1.165) is 6.67 Å². The SMILES string of the molecule is C.C.C.CC1=NC(=CN(C)CN(C)P)C(=O)O1.CC=C1N=C(C)OC1=O.CNCN(C)C=C1N=C(C)OC1=O.CNCN(C)P.C[N-]CN(C)C=C1N=C(C)OC1=O.[Y]. The van der Waals surface area contributed by atoms with Gasteiger partial charge in [-0.1, -0.05) is 53.8 Å². The number of carbonyl (C=O) groups is 4. The summed E-state index contributed by atoms with van der Waals surface area (Å²) in [5.41, 5.74) is 1.41. The molecular formula is C36H69N12O8P2Y-. The van der Waals surface area contributed by atoms with Crippen molar-refractivity contribution in [2.24, 2.45) is 20.0 Å². The van der Waals surface area contributed by atoms with Crippen LogP contribution in [0.1, 0.15) is 56.9 Å². The fourth-order valence-corrected chi connectivity index (χ4v) is 4.39. The van der Waals surface area contributed by atoms with Gasteiger partial charge in [0.1, 0.15) is 5.70 Å². The van der Waals surface area contributed by atoms with Crippen LogP contribution in [0.25, 0.3) is 5.32 Å². The third-order valence-electron chi connectivity index (χ3n) is 5.84. The number of hydrogen-bond acceptors (Lipinski definition) is 19.